The number of aliphatic hydroxyl groups is 1. The third-order valence-electron chi connectivity index (χ3n) is 3.66. The van der Waals surface area contributed by atoms with Crippen molar-refractivity contribution in [3.63, 3.8) is 0 Å². The van der Waals surface area contributed by atoms with Crippen molar-refractivity contribution in [2.24, 2.45) is 7.05 Å². The lowest BCUT2D eigenvalue weighted by Crippen LogP contribution is -2.29. The molecule has 3 rings (SSSR count). The summed E-state index contributed by atoms with van der Waals surface area (Å²) < 4.78 is 47.8. The summed E-state index contributed by atoms with van der Waals surface area (Å²) in [5.74, 6) is -3.08. The molecule has 0 aliphatic carbocycles. The Labute approximate surface area is 167 Å². The van der Waals surface area contributed by atoms with Crippen LogP contribution in [-0.4, -0.2) is 47.1 Å². The Morgan fingerprint density at radius 2 is 1.97 bits per heavy atom. The molecule has 30 heavy (non-hydrogen) atoms. The van der Waals surface area contributed by atoms with Crippen LogP contribution in [0.15, 0.2) is 23.1 Å². The maximum absolute atomic E-state index is 14.7. The van der Waals surface area contributed by atoms with Crippen LogP contribution in [0.25, 0.3) is 5.69 Å². The number of rotatable bonds is 7. The first-order valence-corrected chi connectivity index (χ1v) is 8.43. The predicted molar refractivity (Wildman–Crippen MR) is 98.4 cm³/mol. The van der Waals surface area contributed by atoms with Crippen molar-refractivity contribution in [1.82, 2.24) is 29.8 Å². The number of aryl methyl sites for hydroxylation is 1. The lowest BCUT2D eigenvalue weighted by atomic mass is 10.1. The first-order valence-electron chi connectivity index (χ1n) is 8.43. The van der Waals surface area contributed by atoms with Gasteiger partial charge in [0.1, 0.15) is 18.0 Å². The van der Waals surface area contributed by atoms with Crippen LogP contribution in [0.4, 0.5) is 30.7 Å². The molecule has 0 radical (unpaired) electrons. The first kappa shape index (κ1) is 21.0. The maximum Gasteiger partial charge on any atom is 0.368 e. The van der Waals surface area contributed by atoms with Gasteiger partial charge in [0.2, 0.25) is 5.95 Å². The lowest BCUT2D eigenvalue weighted by molar-refractivity contribution is 0.0283. The number of nitrogens with one attached hydrogen (secondary N) is 2. The molecule has 3 aromatic rings. The zero-order valence-corrected chi connectivity index (χ0v) is 16.0. The second-order valence-corrected chi connectivity index (χ2v) is 6.81. The van der Waals surface area contributed by atoms with Crippen molar-refractivity contribution in [2.75, 3.05) is 17.5 Å². The van der Waals surface area contributed by atoms with Gasteiger partial charge in [-0.05, 0) is 30.3 Å². The Bertz CT molecular complexity index is 1130. The van der Waals surface area contributed by atoms with Crippen molar-refractivity contribution in [1.29, 1.82) is 0 Å². The van der Waals surface area contributed by atoms with E-state index in [9.17, 15) is 23.2 Å². The third kappa shape index (κ3) is 4.48. The molecule has 14 heteroatoms. The van der Waals surface area contributed by atoms with Gasteiger partial charge >= 0.3 is 5.69 Å². The van der Waals surface area contributed by atoms with Gasteiger partial charge in [-0.15, -0.1) is 4.48 Å². The Morgan fingerprint density at radius 1 is 1.23 bits per heavy atom. The van der Waals surface area contributed by atoms with Crippen LogP contribution < -0.4 is 21.3 Å². The molecule has 160 valence electrons. The van der Waals surface area contributed by atoms with Gasteiger partial charge in [0.05, 0.1) is 17.5 Å². The molecular weight excluding hydrogens is 409 g/mol. The number of ether oxygens (including phenoxy) is 1. The van der Waals surface area contributed by atoms with Gasteiger partial charge in [-0.25, -0.2) is 24.1 Å². The van der Waals surface area contributed by atoms with E-state index in [1.54, 1.807) is 0 Å². The molecule has 1 aromatic carbocycles. The molecule has 0 aliphatic rings. The van der Waals surface area contributed by atoms with E-state index in [2.05, 4.69) is 25.7 Å². The number of tetrazole rings is 1. The van der Waals surface area contributed by atoms with E-state index in [-0.39, 0.29) is 29.7 Å². The number of hydrogen-bond donors (Lipinski definition) is 3. The molecule has 0 bridgehead atoms. The number of nitrogens with zero attached hydrogens (tertiary/aromatic N) is 6. The summed E-state index contributed by atoms with van der Waals surface area (Å²) in [6.45, 7) is 2.75. The number of halogens is 3. The zero-order valence-electron chi connectivity index (χ0n) is 16.0. The Balaban J connectivity index is 2.06. The second kappa shape index (κ2) is 7.98. The molecule has 0 fully saturated rings. The Kier molecular flexibility index (Phi) is 5.60. The summed E-state index contributed by atoms with van der Waals surface area (Å²) in [4.78, 5) is 19.4. The minimum absolute atomic E-state index is 0.00722. The molecule has 3 N–H and O–H groups in total. The topological polar surface area (TPSA) is 132 Å². The van der Waals surface area contributed by atoms with E-state index >= 15 is 0 Å². The third-order valence-corrected chi connectivity index (χ3v) is 3.66. The number of anilines is 3. The predicted octanol–water partition coefficient (Wildman–Crippen LogP) is 1.22. The molecule has 0 saturated heterocycles. The average molecular weight is 426 g/mol. The molecule has 0 saturated carbocycles. The van der Waals surface area contributed by atoms with E-state index < -0.39 is 28.7 Å². The van der Waals surface area contributed by atoms with Crippen LogP contribution in [0.5, 0.6) is 5.75 Å². The van der Waals surface area contributed by atoms with Gasteiger partial charge in [0.25, 0.3) is 0 Å². The van der Waals surface area contributed by atoms with Crippen molar-refractivity contribution in [2.45, 2.75) is 19.4 Å². The Hall–Kier alpha value is -3.68. The normalized spacial score (nSPS) is 11.4. The van der Waals surface area contributed by atoms with Crippen molar-refractivity contribution in [3.8, 4) is 11.4 Å². The van der Waals surface area contributed by atoms with E-state index in [1.807, 2.05) is 0 Å². The summed E-state index contributed by atoms with van der Waals surface area (Å²) in [6.07, 6.45) is 0.685. The van der Waals surface area contributed by atoms with E-state index in [1.165, 1.54) is 20.9 Å². The van der Waals surface area contributed by atoms with E-state index in [0.29, 0.717) is 6.20 Å². The standard InChI is InChI=1S/C16H17F3N8O3/c1-16(2,29)7-30-12-4-8(17)10(5-11(12)27-15(28)26(3)24-25-27)21-14-20-6-9(18)13(22-14)23-19/h4-6,29H,7H2,1-3H3,(H2,20,21,22,23). The monoisotopic (exact) mass is 426 g/mol. The fraction of sp³-hybridized carbons (Fsp3) is 0.312. The molecular formula is C16H17F3N8O3. The van der Waals surface area contributed by atoms with E-state index in [4.69, 9.17) is 4.74 Å². The lowest BCUT2D eigenvalue weighted by Gasteiger charge is -2.20. The maximum atomic E-state index is 14.7. The molecule has 0 spiro atoms. The van der Waals surface area contributed by atoms with Crippen LogP contribution in [0.3, 0.4) is 0 Å². The zero-order chi connectivity index (χ0) is 22.1. The quantitative estimate of drug-likeness (QED) is 0.477. The second-order valence-electron chi connectivity index (χ2n) is 6.81. The molecule has 0 amide bonds. The van der Waals surface area contributed by atoms with Gasteiger partial charge in [-0.2, -0.15) is 14.3 Å². The molecule has 2 aromatic heterocycles. The fourth-order valence-electron chi connectivity index (χ4n) is 2.25. The highest BCUT2D eigenvalue weighted by Gasteiger charge is 2.21. The van der Waals surface area contributed by atoms with Crippen molar-refractivity contribution >= 4 is 17.5 Å². The average Bonchev–Trinajstić information content (AvgIpc) is 3.01. The van der Waals surface area contributed by atoms with Crippen LogP contribution in [-0.2, 0) is 7.05 Å². The van der Waals surface area contributed by atoms with Crippen LogP contribution in [0, 0.1) is 11.6 Å². The van der Waals surface area contributed by atoms with Gasteiger partial charge in [-0.3, -0.25) is 0 Å². The largest absolute Gasteiger partial charge is 0.488 e. The molecule has 11 nitrogen and oxygen atoms in total. The molecule has 2 heterocycles. The highest BCUT2D eigenvalue weighted by molar-refractivity contribution is 5.63. The minimum atomic E-state index is -1.24. The summed E-state index contributed by atoms with van der Waals surface area (Å²) in [5, 5.41) is 19.6. The highest BCUT2D eigenvalue weighted by Crippen LogP contribution is 2.30. The summed E-state index contributed by atoms with van der Waals surface area (Å²) in [5.41, 5.74) is -1.09. The van der Waals surface area contributed by atoms with E-state index in [0.717, 1.165) is 27.0 Å². The molecule has 0 unspecified atom stereocenters. The summed E-state index contributed by atoms with van der Waals surface area (Å²) in [7, 11) is 1.36. The number of aromatic nitrogens is 6. The van der Waals surface area contributed by atoms with Gasteiger partial charge in [-0.1, -0.05) is 0 Å². The minimum Gasteiger partial charge on any atom is -0.488 e. The highest BCUT2D eigenvalue weighted by atomic mass is 19.2. The summed E-state index contributed by atoms with van der Waals surface area (Å²) >= 11 is 0. The smallest absolute Gasteiger partial charge is 0.368 e. The van der Waals surface area contributed by atoms with Gasteiger partial charge in [0, 0.05) is 13.1 Å². The number of hydrogen-bond acceptors (Lipinski definition) is 9. The fourth-order valence-corrected chi connectivity index (χ4v) is 2.25. The van der Waals surface area contributed by atoms with Gasteiger partial charge < -0.3 is 15.2 Å². The van der Waals surface area contributed by atoms with Crippen LogP contribution in [0.2, 0.25) is 0 Å². The summed E-state index contributed by atoms with van der Waals surface area (Å²) in [6, 6.07) is 2.10. The van der Waals surface area contributed by atoms with Crippen LogP contribution in [0.1, 0.15) is 13.8 Å². The molecule has 0 atom stereocenters. The van der Waals surface area contributed by atoms with Crippen molar-refractivity contribution < 1.29 is 23.1 Å². The SMILES string of the molecule is Cn1nnn(-c2cc(Nc3ncc(F)c(NF)n3)c(F)cc2OCC(C)(C)O)c1=O. The van der Waals surface area contributed by atoms with Gasteiger partial charge in [0.15, 0.2) is 17.5 Å². The Morgan fingerprint density at radius 3 is 2.57 bits per heavy atom. The molecule has 0 aliphatic heterocycles. The first-order chi connectivity index (χ1) is 14.1. The van der Waals surface area contributed by atoms with Crippen LogP contribution >= 0.6 is 0 Å². The van der Waals surface area contributed by atoms with Crippen molar-refractivity contribution in [3.05, 3.63) is 40.4 Å². The number of benzene rings is 1.